The average Bonchev–Trinajstić information content (AvgIpc) is 2.26. The fourth-order valence-corrected chi connectivity index (χ4v) is 1.32. The molecule has 1 amide bonds. The van der Waals surface area contributed by atoms with Crippen molar-refractivity contribution in [3.63, 3.8) is 0 Å². The fraction of sp³-hybridized carbons (Fsp3) is 0.417. The van der Waals surface area contributed by atoms with Crippen LogP contribution >= 0.6 is 12.2 Å². The molecule has 0 aliphatic carbocycles. The van der Waals surface area contributed by atoms with E-state index in [-0.39, 0.29) is 11.0 Å². The van der Waals surface area contributed by atoms with Crippen LogP contribution in [0.25, 0.3) is 0 Å². The van der Waals surface area contributed by atoms with E-state index in [4.69, 9.17) is 17.0 Å². The molecule has 0 aromatic carbocycles. The first-order valence-corrected chi connectivity index (χ1v) is 6.06. The number of carbonyl (C=O) groups excluding carboxylic acids is 1. The Balaban J connectivity index is 2.40. The molecule has 1 aromatic heterocycles. The molecule has 0 unspecified atom stereocenters. The van der Waals surface area contributed by atoms with Crippen molar-refractivity contribution in [1.82, 2.24) is 10.3 Å². The van der Waals surface area contributed by atoms with Crippen molar-refractivity contribution in [3.05, 3.63) is 23.9 Å². The van der Waals surface area contributed by atoms with Crippen LogP contribution in [0.1, 0.15) is 19.5 Å². The summed E-state index contributed by atoms with van der Waals surface area (Å²) in [6.07, 6.45) is -0.561. The van der Waals surface area contributed by atoms with Crippen LogP contribution < -0.4 is 10.6 Å². The lowest BCUT2D eigenvalue weighted by molar-refractivity contribution is 0.138. The van der Waals surface area contributed by atoms with Crippen LogP contribution in [0.15, 0.2) is 18.2 Å². The topological polar surface area (TPSA) is 63.2 Å². The second kappa shape index (κ2) is 6.90. The number of rotatable bonds is 3. The van der Waals surface area contributed by atoms with Gasteiger partial charge >= 0.3 is 6.09 Å². The van der Waals surface area contributed by atoms with Crippen molar-refractivity contribution in [2.24, 2.45) is 5.92 Å². The standard InChI is InChI=1S/C12H17N3O2S/c1-8(2)7-17-12(16)15-11(18)14-10-6-4-5-9(3)13-10/h4-6,8H,7H2,1-3H3,(H2,13,14,15,16,18). The van der Waals surface area contributed by atoms with Crippen LogP contribution in [0.5, 0.6) is 0 Å². The Morgan fingerprint density at radius 1 is 1.50 bits per heavy atom. The maximum absolute atomic E-state index is 11.3. The summed E-state index contributed by atoms with van der Waals surface area (Å²) in [6, 6.07) is 5.49. The predicted molar refractivity (Wildman–Crippen MR) is 74.5 cm³/mol. The molecule has 0 aliphatic heterocycles. The van der Waals surface area contributed by atoms with Crippen molar-refractivity contribution in [2.75, 3.05) is 11.9 Å². The predicted octanol–water partition coefficient (Wildman–Crippen LogP) is 2.47. The third-order valence-electron chi connectivity index (χ3n) is 1.89. The molecule has 1 heterocycles. The van der Waals surface area contributed by atoms with E-state index in [0.29, 0.717) is 12.4 Å². The lowest BCUT2D eigenvalue weighted by Crippen LogP contribution is -2.35. The number of carbonyl (C=O) groups is 1. The summed E-state index contributed by atoms with van der Waals surface area (Å²) in [4.78, 5) is 15.5. The Labute approximate surface area is 112 Å². The molecule has 6 heteroatoms. The maximum atomic E-state index is 11.3. The van der Waals surface area contributed by atoms with Gasteiger partial charge in [-0.25, -0.2) is 9.78 Å². The van der Waals surface area contributed by atoms with Crippen LogP contribution in [0.2, 0.25) is 0 Å². The number of ether oxygens (including phenoxy) is 1. The second-order valence-corrected chi connectivity index (χ2v) is 4.64. The number of nitrogens with one attached hydrogen (secondary N) is 2. The third-order valence-corrected chi connectivity index (χ3v) is 2.10. The zero-order chi connectivity index (χ0) is 13.5. The smallest absolute Gasteiger partial charge is 0.413 e. The van der Waals surface area contributed by atoms with Gasteiger partial charge < -0.3 is 10.1 Å². The van der Waals surface area contributed by atoms with E-state index in [9.17, 15) is 4.79 Å². The Morgan fingerprint density at radius 3 is 2.83 bits per heavy atom. The van der Waals surface area contributed by atoms with Crippen molar-refractivity contribution in [1.29, 1.82) is 0 Å². The normalized spacial score (nSPS) is 10.0. The van der Waals surface area contributed by atoms with Crippen molar-refractivity contribution in [2.45, 2.75) is 20.8 Å². The number of aromatic nitrogens is 1. The number of nitrogens with zero attached hydrogens (tertiary/aromatic N) is 1. The minimum atomic E-state index is -0.561. The monoisotopic (exact) mass is 267 g/mol. The van der Waals surface area contributed by atoms with Gasteiger partial charge in [-0.1, -0.05) is 19.9 Å². The molecule has 18 heavy (non-hydrogen) atoms. The molecule has 1 rings (SSSR count). The van der Waals surface area contributed by atoms with Gasteiger partial charge in [-0.3, -0.25) is 5.32 Å². The van der Waals surface area contributed by atoms with Gasteiger partial charge in [0, 0.05) is 5.69 Å². The van der Waals surface area contributed by atoms with Crippen LogP contribution in [0.4, 0.5) is 10.6 Å². The van der Waals surface area contributed by atoms with Gasteiger partial charge in [-0.15, -0.1) is 0 Å². The van der Waals surface area contributed by atoms with E-state index >= 15 is 0 Å². The molecule has 98 valence electrons. The minimum Gasteiger partial charge on any atom is -0.449 e. The Hall–Kier alpha value is -1.69. The Morgan fingerprint density at radius 2 is 2.22 bits per heavy atom. The summed E-state index contributed by atoms with van der Waals surface area (Å²) in [7, 11) is 0. The van der Waals surface area contributed by atoms with E-state index in [1.165, 1.54) is 0 Å². The number of amides is 1. The largest absolute Gasteiger partial charge is 0.449 e. The number of pyridine rings is 1. The van der Waals surface area contributed by atoms with Gasteiger partial charge in [-0.2, -0.15) is 0 Å². The van der Waals surface area contributed by atoms with Gasteiger partial charge in [0.1, 0.15) is 5.82 Å². The highest BCUT2D eigenvalue weighted by molar-refractivity contribution is 7.80. The molecular formula is C12H17N3O2S. The molecular weight excluding hydrogens is 250 g/mol. The highest BCUT2D eigenvalue weighted by Gasteiger charge is 2.07. The summed E-state index contributed by atoms with van der Waals surface area (Å²) in [5.74, 6) is 0.875. The quantitative estimate of drug-likeness (QED) is 0.824. The molecule has 2 N–H and O–H groups in total. The number of thiocarbonyl (C=S) groups is 1. The number of aryl methyl sites for hydroxylation is 1. The van der Waals surface area contributed by atoms with Gasteiger partial charge in [0.2, 0.25) is 0 Å². The SMILES string of the molecule is Cc1cccc(NC(=S)NC(=O)OCC(C)C)n1. The highest BCUT2D eigenvalue weighted by atomic mass is 32.1. The summed E-state index contributed by atoms with van der Waals surface area (Å²) < 4.78 is 4.94. The lowest BCUT2D eigenvalue weighted by Gasteiger charge is -2.10. The molecule has 5 nitrogen and oxygen atoms in total. The molecule has 0 bridgehead atoms. The number of alkyl carbamates (subject to hydrolysis) is 1. The molecule has 0 fully saturated rings. The molecule has 0 radical (unpaired) electrons. The van der Waals surface area contributed by atoms with Crippen molar-refractivity contribution >= 4 is 29.2 Å². The third kappa shape index (κ3) is 5.58. The average molecular weight is 267 g/mol. The number of hydrogen-bond donors (Lipinski definition) is 2. The van der Waals surface area contributed by atoms with E-state index < -0.39 is 6.09 Å². The first-order chi connectivity index (χ1) is 8.47. The lowest BCUT2D eigenvalue weighted by atomic mass is 10.2. The summed E-state index contributed by atoms with van der Waals surface area (Å²) >= 11 is 4.97. The Kier molecular flexibility index (Phi) is 5.51. The molecule has 0 aliphatic rings. The molecule has 0 spiro atoms. The van der Waals surface area contributed by atoms with Crippen LogP contribution in [0.3, 0.4) is 0 Å². The minimum absolute atomic E-state index is 0.168. The molecule has 1 aromatic rings. The van der Waals surface area contributed by atoms with Crippen molar-refractivity contribution < 1.29 is 9.53 Å². The summed E-state index contributed by atoms with van der Waals surface area (Å²) in [5, 5.41) is 5.40. The van der Waals surface area contributed by atoms with Gasteiger partial charge in [0.05, 0.1) is 6.61 Å². The van der Waals surface area contributed by atoms with Gasteiger partial charge in [-0.05, 0) is 37.2 Å². The molecule has 0 saturated carbocycles. The highest BCUT2D eigenvalue weighted by Crippen LogP contribution is 2.03. The molecule has 0 saturated heterocycles. The Bertz CT molecular complexity index is 435. The molecule has 0 atom stereocenters. The first-order valence-electron chi connectivity index (χ1n) is 5.66. The van der Waals surface area contributed by atoms with Crippen molar-refractivity contribution in [3.8, 4) is 0 Å². The van der Waals surface area contributed by atoms with Crippen LogP contribution in [-0.2, 0) is 4.74 Å². The zero-order valence-electron chi connectivity index (χ0n) is 10.7. The van der Waals surface area contributed by atoms with Crippen LogP contribution in [0, 0.1) is 12.8 Å². The first kappa shape index (κ1) is 14.4. The van der Waals surface area contributed by atoms with E-state index in [1.54, 1.807) is 6.07 Å². The number of hydrogen-bond acceptors (Lipinski definition) is 4. The second-order valence-electron chi connectivity index (χ2n) is 4.24. The summed E-state index contributed by atoms with van der Waals surface area (Å²) in [5.41, 5.74) is 0.866. The van der Waals surface area contributed by atoms with E-state index in [2.05, 4.69) is 15.6 Å². The number of anilines is 1. The maximum Gasteiger partial charge on any atom is 0.413 e. The van der Waals surface area contributed by atoms with E-state index in [0.717, 1.165) is 5.69 Å². The van der Waals surface area contributed by atoms with Crippen LogP contribution in [-0.4, -0.2) is 22.8 Å². The zero-order valence-corrected chi connectivity index (χ0v) is 11.5. The van der Waals surface area contributed by atoms with Gasteiger partial charge in [0.15, 0.2) is 5.11 Å². The summed E-state index contributed by atoms with van der Waals surface area (Å²) in [6.45, 7) is 6.15. The fourth-order valence-electron chi connectivity index (χ4n) is 1.13. The van der Waals surface area contributed by atoms with E-state index in [1.807, 2.05) is 32.9 Å². The van der Waals surface area contributed by atoms with Gasteiger partial charge in [0.25, 0.3) is 0 Å².